The fraction of sp³-hybridized carbons (Fsp3) is 0.455. The maximum atomic E-state index is 13.1. The Kier molecular flexibility index (Phi) is 7.26. The first kappa shape index (κ1) is 21.5. The molecule has 6 heteroatoms. The van der Waals surface area contributed by atoms with Crippen molar-refractivity contribution in [2.24, 2.45) is 5.92 Å². The van der Waals surface area contributed by atoms with Crippen LogP contribution in [0.25, 0.3) is 0 Å². The van der Waals surface area contributed by atoms with Crippen LogP contribution in [0.15, 0.2) is 41.0 Å². The van der Waals surface area contributed by atoms with Gasteiger partial charge in [-0.15, -0.1) is 0 Å². The molecule has 0 saturated heterocycles. The van der Waals surface area contributed by atoms with Crippen molar-refractivity contribution in [3.8, 4) is 0 Å². The number of benzene rings is 1. The van der Waals surface area contributed by atoms with Crippen molar-refractivity contribution >= 4 is 23.2 Å². The number of carbonyl (C=O) groups excluding carboxylic acids is 2. The van der Waals surface area contributed by atoms with Gasteiger partial charge in [0, 0.05) is 44.5 Å². The molecular formula is C22H31N3O3. The molecule has 0 unspecified atom stereocenters. The molecule has 1 N–H and O–H groups in total. The Labute approximate surface area is 167 Å². The Morgan fingerprint density at radius 2 is 1.86 bits per heavy atom. The molecule has 1 heterocycles. The smallest absolute Gasteiger partial charge is 0.290 e. The van der Waals surface area contributed by atoms with Crippen LogP contribution in [0.5, 0.6) is 0 Å². The van der Waals surface area contributed by atoms with E-state index in [1.807, 2.05) is 55.9 Å². The zero-order valence-corrected chi connectivity index (χ0v) is 17.7. The van der Waals surface area contributed by atoms with Crippen molar-refractivity contribution in [2.75, 3.05) is 24.3 Å². The standard InChI is InChI=1S/C22H31N3O3/c1-7-21(26)23-18-10-11-19(24(5)6)17(13-18)14-25(16(4)15(2)3)22(27)20-9-8-12-28-20/h8-13,15-16H,7,14H2,1-6H3,(H,23,26)/t16-/m0/s1. The molecule has 0 fully saturated rings. The van der Waals surface area contributed by atoms with Crippen LogP contribution in [0.1, 0.15) is 50.2 Å². The van der Waals surface area contributed by atoms with Crippen LogP contribution in [0.2, 0.25) is 0 Å². The summed E-state index contributed by atoms with van der Waals surface area (Å²) in [5.74, 6) is 0.431. The molecule has 1 aromatic heterocycles. The van der Waals surface area contributed by atoms with Crippen molar-refractivity contribution in [1.82, 2.24) is 4.90 Å². The summed E-state index contributed by atoms with van der Waals surface area (Å²) >= 11 is 0. The Bertz CT molecular complexity index is 797. The van der Waals surface area contributed by atoms with Crippen LogP contribution in [0.4, 0.5) is 11.4 Å². The topological polar surface area (TPSA) is 65.8 Å². The average Bonchev–Trinajstić information content (AvgIpc) is 3.19. The van der Waals surface area contributed by atoms with Crippen molar-refractivity contribution in [2.45, 2.75) is 46.7 Å². The second-order valence-electron chi connectivity index (χ2n) is 7.53. The highest BCUT2D eigenvalue weighted by molar-refractivity contribution is 5.92. The molecule has 6 nitrogen and oxygen atoms in total. The Morgan fingerprint density at radius 3 is 2.39 bits per heavy atom. The van der Waals surface area contributed by atoms with Gasteiger partial charge >= 0.3 is 0 Å². The Hall–Kier alpha value is -2.76. The second-order valence-corrected chi connectivity index (χ2v) is 7.53. The van der Waals surface area contributed by atoms with Crippen LogP contribution in [0, 0.1) is 5.92 Å². The minimum Gasteiger partial charge on any atom is -0.459 e. The number of hydrogen-bond donors (Lipinski definition) is 1. The zero-order chi connectivity index (χ0) is 20.8. The third-order valence-corrected chi connectivity index (χ3v) is 4.96. The fourth-order valence-corrected chi connectivity index (χ4v) is 2.96. The van der Waals surface area contributed by atoms with Gasteiger partial charge in [-0.2, -0.15) is 0 Å². The number of furan rings is 1. The second kappa shape index (κ2) is 9.44. The van der Waals surface area contributed by atoms with E-state index < -0.39 is 0 Å². The van der Waals surface area contributed by atoms with Crippen molar-refractivity contribution in [1.29, 1.82) is 0 Å². The first-order chi connectivity index (χ1) is 13.2. The highest BCUT2D eigenvalue weighted by atomic mass is 16.3. The third kappa shape index (κ3) is 5.15. The van der Waals surface area contributed by atoms with Gasteiger partial charge in [0.2, 0.25) is 5.91 Å². The Balaban J connectivity index is 2.41. The molecule has 2 amide bonds. The van der Waals surface area contributed by atoms with Crippen LogP contribution in [-0.2, 0) is 11.3 Å². The van der Waals surface area contributed by atoms with Crippen LogP contribution < -0.4 is 10.2 Å². The first-order valence-corrected chi connectivity index (χ1v) is 9.69. The number of nitrogens with one attached hydrogen (secondary N) is 1. The predicted molar refractivity (Wildman–Crippen MR) is 113 cm³/mol. The van der Waals surface area contributed by atoms with Crippen molar-refractivity contribution < 1.29 is 14.0 Å². The van der Waals surface area contributed by atoms with Gasteiger partial charge in [0.25, 0.3) is 5.91 Å². The predicted octanol–water partition coefficient (Wildman–Crippen LogP) is 4.38. The fourth-order valence-electron chi connectivity index (χ4n) is 2.96. The number of rotatable bonds is 8. The lowest BCUT2D eigenvalue weighted by Gasteiger charge is -2.32. The summed E-state index contributed by atoms with van der Waals surface area (Å²) < 4.78 is 5.35. The normalized spacial score (nSPS) is 12.0. The molecule has 0 bridgehead atoms. The van der Waals surface area contributed by atoms with E-state index in [4.69, 9.17) is 4.42 Å². The lowest BCUT2D eigenvalue weighted by atomic mass is 10.0. The van der Waals surface area contributed by atoms with Crippen LogP contribution >= 0.6 is 0 Å². The summed E-state index contributed by atoms with van der Waals surface area (Å²) in [4.78, 5) is 28.7. The van der Waals surface area contributed by atoms with E-state index in [9.17, 15) is 9.59 Å². The molecule has 0 aliphatic carbocycles. The largest absolute Gasteiger partial charge is 0.459 e. The first-order valence-electron chi connectivity index (χ1n) is 9.69. The molecule has 2 rings (SSSR count). The van der Waals surface area contributed by atoms with Gasteiger partial charge in [-0.05, 0) is 48.7 Å². The molecule has 0 saturated carbocycles. The van der Waals surface area contributed by atoms with Gasteiger partial charge in [-0.3, -0.25) is 9.59 Å². The summed E-state index contributed by atoms with van der Waals surface area (Å²) in [5, 5.41) is 2.90. The van der Waals surface area contributed by atoms with Crippen molar-refractivity contribution in [3.63, 3.8) is 0 Å². The molecule has 0 aliphatic heterocycles. The summed E-state index contributed by atoms with van der Waals surface area (Å²) in [7, 11) is 3.93. The lowest BCUT2D eigenvalue weighted by molar-refractivity contribution is -0.115. The maximum absolute atomic E-state index is 13.1. The van der Waals surface area contributed by atoms with Gasteiger partial charge in [0.15, 0.2) is 5.76 Å². The zero-order valence-electron chi connectivity index (χ0n) is 17.7. The Morgan fingerprint density at radius 1 is 1.14 bits per heavy atom. The highest BCUT2D eigenvalue weighted by Gasteiger charge is 2.26. The van der Waals surface area contributed by atoms with E-state index in [1.165, 1.54) is 6.26 Å². The molecule has 0 radical (unpaired) electrons. The van der Waals surface area contributed by atoms with Gasteiger partial charge < -0.3 is 19.5 Å². The van der Waals surface area contributed by atoms with E-state index in [0.29, 0.717) is 18.7 Å². The van der Waals surface area contributed by atoms with E-state index in [1.54, 1.807) is 12.1 Å². The van der Waals surface area contributed by atoms with E-state index in [2.05, 4.69) is 19.2 Å². The third-order valence-electron chi connectivity index (χ3n) is 4.96. The molecule has 28 heavy (non-hydrogen) atoms. The van der Waals surface area contributed by atoms with Gasteiger partial charge in [0.05, 0.1) is 6.26 Å². The van der Waals surface area contributed by atoms with Crippen molar-refractivity contribution in [3.05, 3.63) is 47.9 Å². The quantitative estimate of drug-likeness (QED) is 0.732. The molecule has 1 aromatic carbocycles. The average molecular weight is 386 g/mol. The number of nitrogens with zero attached hydrogens (tertiary/aromatic N) is 2. The maximum Gasteiger partial charge on any atom is 0.290 e. The van der Waals surface area contributed by atoms with E-state index >= 15 is 0 Å². The highest BCUT2D eigenvalue weighted by Crippen LogP contribution is 2.27. The number of carbonyl (C=O) groups is 2. The monoisotopic (exact) mass is 385 g/mol. The van der Waals surface area contributed by atoms with Gasteiger partial charge in [-0.25, -0.2) is 0 Å². The number of amides is 2. The molecule has 2 aromatic rings. The molecular weight excluding hydrogens is 354 g/mol. The van der Waals surface area contributed by atoms with E-state index in [-0.39, 0.29) is 23.8 Å². The number of hydrogen-bond acceptors (Lipinski definition) is 4. The van der Waals surface area contributed by atoms with Gasteiger partial charge in [0.1, 0.15) is 0 Å². The molecule has 1 atom stereocenters. The van der Waals surface area contributed by atoms with Crippen LogP contribution in [-0.4, -0.2) is 36.9 Å². The number of anilines is 2. The van der Waals surface area contributed by atoms with Crippen LogP contribution in [0.3, 0.4) is 0 Å². The molecule has 0 spiro atoms. The summed E-state index contributed by atoms with van der Waals surface area (Å²) in [6.45, 7) is 8.47. The summed E-state index contributed by atoms with van der Waals surface area (Å²) in [6, 6.07) is 9.22. The molecule has 152 valence electrons. The summed E-state index contributed by atoms with van der Waals surface area (Å²) in [6.07, 6.45) is 1.93. The minimum atomic E-state index is -0.140. The van der Waals surface area contributed by atoms with Gasteiger partial charge in [-0.1, -0.05) is 20.8 Å². The lowest BCUT2D eigenvalue weighted by Crippen LogP contribution is -2.41. The minimum absolute atomic E-state index is 0.0153. The molecule has 0 aliphatic rings. The van der Waals surface area contributed by atoms with E-state index in [0.717, 1.165) is 16.9 Å². The SMILES string of the molecule is CCC(=O)Nc1ccc(N(C)C)c(CN(C(=O)c2ccco2)[C@@H](C)C(C)C)c1. The summed E-state index contributed by atoms with van der Waals surface area (Å²) in [5.41, 5.74) is 2.70.